The summed E-state index contributed by atoms with van der Waals surface area (Å²) in [7, 11) is 1.62. The maximum Gasteiger partial charge on any atom is 0.407 e. The Kier molecular flexibility index (Phi) is 2.70. The molecule has 1 heterocycles. The second kappa shape index (κ2) is 3.57. The van der Waals surface area contributed by atoms with Gasteiger partial charge in [0, 0.05) is 13.7 Å². The van der Waals surface area contributed by atoms with Gasteiger partial charge in [0.05, 0.1) is 12.6 Å². The van der Waals surface area contributed by atoms with E-state index in [1.165, 1.54) is 4.90 Å². The highest BCUT2D eigenvalue weighted by Crippen LogP contribution is 2.11. The first-order valence-corrected chi connectivity index (χ1v) is 3.74. The first kappa shape index (κ1) is 8.33. The Morgan fingerprint density at radius 1 is 1.73 bits per heavy atom. The Hall–Kier alpha value is -0.770. The molecule has 1 aliphatic rings. The minimum Gasteiger partial charge on any atom is -0.465 e. The Balaban J connectivity index is 2.39. The third kappa shape index (κ3) is 2.08. The fourth-order valence-electron chi connectivity index (χ4n) is 1.30. The van der Waals surface area contributed by atoms with Crippen LogP contribution in [-0.2, 0) is 4.74 Å². The normalized spacial score (nSPS) is 25.2. The van der Waals surface area contributed by atoms with Crippen molar-refractivity contribution in [1.82, 2.24) is 4.90 Å². The van der Waals surface area contributed by atoms with Gasteiger partial charge in [-0.1, -0.05) is 0 Å². The van der Waals surface area contributed by atoms with E-state index in [2.05, 4.69) is 0 Å². The number of ether oxygens (including phenoxy) is 1. The molecule has 0 bridgehead atoms. The number of carboxylic acid groups (broad SMARTS) is 1. The van der Waals surface area contributed by atoms with E-state index in [0.29, 0.717) is 13.1 Å². The van der Waals surface area contributed by atoms with Crippen molar-refractivity contribution in [3.63, 3.8) is 0 Å². The summed E-state index contributed by atoms with van der Waals surface area (Å²) >= 11 is 0. The van der Waals surface area contributed by atoms with Gasteiger partial charge in [-0.15, -0.1) is 0 Å². The second-order valence-corrected chi connectivity index (χ2v) is 2.73. The molecule has 1 fully saturated rings. The van der Waals surface area contributed by atoms with E-state index in [-0.39, 0.29) is 6.10 Å². The molecule has 0 spiro atoms. The number of rotatable bonds is 1. The van der Waals surface area contributed by atoms with Crippen molar-refractivity contribution < 1.29 is 14.6 Å². The Bertz CT molecular complexity index is 149. The van der Waals surface area contributed by atoms with Crippen molar-refractivity contribution in [3.05, 3.63) is 0 Å². The van der Waals surface area contributed by atoms with Crippen LogP contribution in [0.4, 0.5) is 4.79 Å². The summed E-state index contributed by atoms with van der Waals surface area (Å²) in [5.41, 5.74) is 0. The Morgan fingerprint density at radius 2 is 2.45 bits per heavy atom. The average molecular weight is 159 g/mol. The van der Waals surface area contributed by atoms with E-state index in [1.807, 2.05) is 0 Å². The van der Waals surface area contributed by atoms with Gasteiger partial charge in [-0.05, 0) is 12.8 Å². The van der Waals surface area contributed by atoms with E-state index in [9.17, 15) is 4.79 Å². The molecule has 0 aliphatic carbocycles. The summed E-state index contributed by atoms with van der Waals surface area (Å²) in [5.74, 6) is 0. The summed E-state index contributed by atoms with van der Waals surface area (Å²) in [6.07, 6.45) is 1.14. The number of hydrogen-bond acceptors (Lipinski definition) is 2. The number of nitrogens with zero attached hydrogens (tertiary/aromatic N) is 1. The molecule has 0 aromatic heterocycles. The summed E-state index contributed by atoms with van der Waals surface area (Å²) in [5, 5.41) is 8.62. The third-order valence-corrected chi connectivity index (χ3v) is 1.98. The SMILES string of the molecule is COC1CCCN(C(=O)O)C1. The van der Waals surface area contributed by atoms with E-state index < -0.39 is 6.09 Å². The van der Waals surface area contributed by atoms with Gasteiger partial charge in [0.1, 0.15) is 0 Å². The lowest BCUT2D eigenvalue weighted by Crippen LogP contribution is -2.42. The van der Waals surface area contributed by atoms with Gasteiger partial charge in [-0.3, -0.25) is 0 Å². The molecule has 1 amide bonds. The second-order valence-electron chi connectivity index (χ2n) is 2.73. The zero-order chi connectivity index (χ0) is 8.27. The van der Waals surface area contributed by atoms with E-state index in [1.54, 1.807) is 7.11 Å². The molecule has 0 radical (unpaired) electrons. The molecule has 1 aliphatic heterocycles. The van der Waals surface area contributed by atoms with Gasteiger partial charge in [0.25, 0.3) is 0 Å². The van der Waals surface area contributed by atoms with Gasteiger partial charge in [-0.25, -0.2) is 4.79 Å². The molecule has 0 aromatic carbocycles. The highest BCUT2D eigenvalue weighted by Gasteiger charge is 2.22. The first-order valence-electron chi connectivity index (χ1n) is 3.74. The van der Waals surface area contributed by atoms with E-state index in [0.717, 1.165) is 12.8 Å². The van der Waals surface area contributed by atoms with Crippen LogP contribution in [0, 0.1) is 0 Å². The molecule has 0 saturated carbocycles. The summed E-state index contributed by atoms with van der Waals surface area (Å²) in [4.78, 5) is 11.9. The summed E-state index contributed by atoms with van der Waals surface area (Å²) in [6.45, 7) is 1.17. The third-order valence-electron chi connectivity index (χ3n) is 1.98. The molecular weight excluding hydrogens is 146 g/mol. The lowest BCUT2D eigenvalue weighted by Gasteiger charge is -2.29. The lowest BCUT2D eigenvalue weighted by atomic mass is 10.1. The van der Waals surface area contributed by atoms with Gasteiger partial charge >= 0.3 is 6.09 Å². The fraction of sp³-hybridized carbons (Fsp3) is 0.857. The summed E-state index contributed by atoms with van der Waals surface area (Å²) in [6, 6.07) is 0. The Labute approximate surface area is 65.8 Å². The number of carbonyl (C=O) groups is 1. The molecule has 1 rings (SSSR count). The molecule has 1 unspecified atom stereocenters. The fourth-order valence-corrected chi connectivity index (χ4v) is 1.30. The van der Waals surface area contributed by atoms with Crippen LogP contribution >= 0.6 is 0 Å². The topological polar surface area (TPSA) is 49.8 Å². The predicted molar refractivity (Wildman–Crippen MR) is 39.6 cm³/mol. The van der Waals surface area contributed by atoms with Crippen molar-refractivity contribution in [2.45, 2.75) is 18.9 Å². The lowest BCUT2D eigenvalue weighted by molar-refractivity contribution is 0.0331. The molecule has 1 atom stereocenters. The number of amides is 1. The predicted octanol–water partition coefficient (Wildman–Crippen LogP) is 0.775. The largest absolute Gasteiger partial charge is 0.465 e. The molecule has 1 N–H and O–H groups in total. The highest BCUT2D eigenvalue weighted by molar-refractivity contribution is 5.65. The van der Waals surface area contributed by atoms with Crippen LogP contribution in [-0.4, -0.2) is 42.4 Å². The number of likely N-dealkylation sites (tertiary alicyclic amines) is 1. The van der Waals surface area contributed by atoms with Crippen molar-refractivity contribution in [1.29, 1.82) is 0 Å². The number of methoxy groups -OCH3 is 1. The quantitative estimate of drug-likeness (QED) is 0.615. The Morgan fingerprint density at radius 3 is 3.00 bits per heavy atom. The van der Waals surface area contributed by atoms with Crippen molar-refractivity contribution in [2.24, 2.45) is 0 Å². The van der Waals surface area contributed by atoms with Crippen LogP contribution in [0.25, 0.3) is 0 Å². The molecule has 11 heavy (non-hydrogen) atoms. The van der Waals surface area contributed by atoms with Gasteiger partial charge in [0.2, 0.25) is 0 Å². The number of piperidine rings is 1. The molecule has 1 saturated heterocycles. The molecule has 64 valence electrons. The minimum atomic E-state index is -0.841. The molecule has 0 aromatic rings. The van der Waals surface area contributed by atoms with E-state index >= 15 is 0 Å². The van der Waals surface area contributed by atoms with Crippen LogP contribution in [0.1, 0.15) is 12.8 Å². The maximum atomic E-state index is 10.5. The van der Waals surface area contributed by atoms with Crippen LogP contribution in [0.15, 0.2) is 0 Å². The summed E-state index contributed by atoms with van der Waals surface area (Å²) < 4.78 is 5.07. The van der Waals surface area contributed by atoms with Crippen molar-refractivity contribution >= 4 is 6.09 Å². The van der Waals surface area contributed by atoms with E-state index in [4.69, 9.17) is 9.84 Å². The average Bonchev–Trinajstić information content (AvgIpc) is 2.05. The van der Waals surface area contributed by atoms with Crippen LogP contribution in [0.5, 0.6) is 0 Å². The van der Waals surface area contributed by atoms with Crippen molar-refractivity contribution in [2.75, 3.05) is 20.2 Å². The zero-order valence-electron chi connectivity index (χ0n) is 6.62. The molecule has 4 nitrogen and oxygen atoms in total. The zero-order valence-corrected chi connectivity index (χ0v) is 6.62. The van der Waals surface area contributed by atoms with Gasteiger partial charge < -0.3 is 14.7 Å². The van der Waals surface area contributed by atoms with Crippen LogP contribution in [0.2, 0.25) is 0 Å². The highest BCUT2D eigenvalue weighted by atomic mass is 16.5. The maximum absolute atomic E-state index is 10.5. The van der Waals surface area contributed by atoms with Crippen LogP contribution in [0.3, 0.4) is 0 Å². The monoisotopic (exact) mass is 159 g/mol. The molecular formula is C7H13NO3. The first-order chi connectivity index (χ1) is 5.24. The number of hydrogen-bond donors (Lipinski definition) is 1. The molecule has 4 heteroatoms. The van der Waals surface area contributed by atoms with Crippen molar-refractivity contribution in [3.8, 4) is 0 Å². The smallest absolute Gasteiger partial charge is 0.407 e. The standard InChI is InChI=1S/C7H13NO3/c1-11-6-3-2-4-8(5-6)7(9)10/h6H,2-5H2,1H3,(H,9,10). The van der Waals surface area contributed by atoms with Gasteiger partial charge in [0.15, 0.2) is 0 Å². The van der Waals surface area contributed by atoms with Crippen LogP contribution < -0.4 is 0 Å². The van der Waals surface area contributed by atoms with Gasteiger partial charge in [-0.2, -0.15) is 0 Å². The minimum absolute atomic E-state index is 0.0971.